The Kier molecular flexibility index (Phi) is 5.22. The summed E-state index contributed by atoms with van der Waals surface area (Å²) in [6.07, 6.45) is -4.81. The van der Waals surface area contributed by atoms with Crippen LogP contribution in [0.4, 0.5) is 18.9 Å². The molecular formula is C12H16F3NO2S. The minimum Gasteiger partial charge on any atom is -0.384 e. The molecular weight excluding hydrogens is 279 g/mol. The van der Waals surface area contributed by atoms with Crippen LogP contribution in [0.2, 0.25) is 0 Å². The van der Waals surface area contributed by atoms with Crippen molar-refractivity contribution in [2.45, 2.75) is 30.8 Å². The highest BCUT2D eigenvalue weighted by Crippen LogP contribution is 2.24. The predicted octanol–water partition coefficient (Wildman–Crippen LogP) is 3.23. The average Bonchev–Trinajstić information content (AvgIpc) is 2.27. The number of halogens is 3. The highest BCUT2D eigenvalue weighted by Gasteiger charge is 2.26. The van der Waals surface area contributed by atoms with Crippen molar-refractivity contribution in [2.24, 2.45) is 0 Å². The Morgan fingerprint density at radius 2 is 1.84 bits per heavy atom. The Labute approximate surface area is 110 Å². The third-order valence-electron chi connectivity index (χ3n) is 2.42. The maximum atomic E-state index is 12.1. The van der Waals surface area contributed by atoms with Gasteiger partial charge in [0.05, 0.1) is 22.8 Å². The first-order valence-electron chi connectivity index (χ1n) is 5.88. The third kappa shape index (κ3) is 5.10. The molecule has 0 radical (unpaired) electrons. The van der Waals surface area contributed by atoms with Gasteiger partial charge in [0.2, 0.25) is 0 Å². The first kappa shape index (κ1) is 15.8. The number of sulfone groups is 1. The molecule has 0 amide bonds. The van der Waals surface area contributed by atoms with Gasteiger partial charge in [-0.3, -0.25) is 0 Å². The van der Waals surface area contributed by atoms with Gasteiger partial charge in [-0.2, -0.15) is 13.2 Å². The van der Waals surface area contributed by atoms with E-state index >= 15 is 0 Å². The van der Waals surface area contributed by atoms with Crippen molar-refractivity contribution in [1.82, 2.24) is 0 Å². The van der Waals surface area contributed by atoms with Crippen LogP contribution in [0.25, 0.3) is 0 Å². The van der Waals surface area contributed by atoms with Crippen LogP contribution in [-0.4, -0.2) is 26.9 Å². The second-order valence-electron chi connectivity index (χ2n) is 4.11. The molecule has 0 bridgehead atoms. The number of alkyl halides is 3. The van der Waals surface area contributed by atoms with E-state index in [0.717, 1.165) is 0 Å². The molecule has 0 aliphatic heterocycles. The van der Waals surface area contributed by atoms with Crippen molar-refractivity contribution in [3.05, 3.63) is 24.3 Å². The fourth-order valence-corrected chi connectivity index (χ4v) is 3.12. The minimum absolute atomic E-state index is 0.0229. The van der Waals surface area contributed by atoms with Crippen LogP contribution < -0.4 is 5.32 Å². The van der Waals surface area contributed by atoms with Gasteiger partial charge in [-0.1, -0.05) is 19.1 Å². The first-order chi connectivity index (χ1) is 8.76. The monoisotopic (exact) mass is 295 g/mol. The van der Waals surface area contributed by atoms with Crippen LogP contribution >= 0.6 is 0 Å². The normalized spacial score (nSPS) is 12.4. The van der Waals surface area contributed by atoms with Gasteiger partial charge in [-0.15, -0.1) is 0 Å². The fraction of sp³-hybridized carbons (Fsp3) is 0.500. The quantitative estimate of drug-likeness (QED) is 0.876. The van der Waals surface area contributed by atoms with Crippen LogP contribution in [0.1, 0.15) is 19.8 Å². The van der Waals surface area contributed by atoms with E-state index < -0.39 is 22.4 Å². The number of para-hydroxylation sites is 1. The molecule has 0 aliphatic rings. The Hall–Kier alpha value is -1.24. The summed E-state index contributed by atoms with van der Waals surface area (Å²) in [5, 5.41) is 2.54. The van der Waals surface area contributed by atoms with Crippen molar-refractivity contribution in [3.63, 3.8) is 0 Å². The lowest BCUT2D eigenvalue weighted by molar-refractivity contribution is -0.131. The molecule has 1 aromatic rings. The zero-order valence-corrected chi connectivity index (χ0v) is 11.3. The number of benzene rings is 1. The zero-order chi connectivity index (χ0) is 14.5. The van der Waals surface area contributed by atoms with Gasteiger partial charge >= 0.3 is 6.18 Å². The minimum atomic E-state index is -4.26. The van der Waals surface area contributed by atoms with Gasteiger partial charge in [0, 0.05) is 6.54 Å². The number of hydrogen-bond acceptors (Lipinski definition) is 3. The summed E-state index contributed by atoms with van der Waals surface area (Å²) in [4.78, 5) is 0.0547. The van der Waals surface area contributed by atoms with E-state index in [-0.39, 0.29) is 22.9 Å². The number of anilines is 1. The van der Waals surface area contributed by atoms with Crippen LogP contribution in [0.15, 0.2) is 29.2 Å². The molecule has 1 rings (SSSR count). The van der Waals surface area contributed by atoms with Gasteiger partial charge in [-0.25, -0.2) is 8.42 Å². The predicted molar refractivity (Wildman–Crippen MR) is 67.9 cm³/mol. The van der Waals surface area contributed by atoms with Crippen LogP contribution in [0.5, 0.6) is 0 Å². The van der Waals surface area contributed by atoms with E-state index in [0.29, 0.717) is 6.42 Å². The van der Waals surface area contributed by atoms with E-state index in [4.69, 9.17) is 0 Å². The van der Waals surface area contributed by atoms with Gasteiger partial charge in [0.15, 0.2) is 9.84 Å². The summed E-state index contributed by atoms with van der Waals surface area (Å²) in [6.45, 7) is 1.39. The van der Waals surface area contributed by atoms with E-state index in [9.17, 15) is 21.6 Å². The van der Waals surface area contributed by atoms with Crippen molar-refractivity contribution in [3.8, 4) is 0 Å². The zero-order valence-electron chi connectivity index (χ0n) is 10.5. The van der Waals surface area contributed by atoms with Gasteiger partial charge in [-0.05, 0) is 18.6 Å². The standard InChI is InChI=1S/C12H16F3NO2S/c1-2-9-19(17,18)11-6-4-3-5-10(11)16-8-7-12(13,14)15/h3-6,16H,2,7-9H2,1H3. The van der Waals surface area contributed by atoms with Crippen molar-refractivity contribution in [2.75, 3.05) is 17.6 Å². The smallest absolute Gasteiger partial charge is 0.384 e. The number of nitrogens with one attached hydrogen (secondary N) is 1. The lowest BCUT2D eigenvalue weighted by Gasteiger charge is -2.13. The molecule has 108 valence electrons. The Morgan fingerprint density at radius 3 is 2.42 bits per heavy atom. The van der Waals surface area contributed by atoms with Crippen LogP contribution in [0.3, 0.4) is 0 Å². The molecule has 0 atom stereocenters. The third-order valence-corrected chi connectivity index (χ3v) is 4.39. The SMILES string of the molecule is CCCS(=O)(=O)c1ccccc1NCCC(F)(F)F. The Morgan fingerprint density at radius 1 is 1.21 bits per heavy atom. The molecule has 0 aliphatic carbocycles. The second kappa shape index (κ2) is 6.27. The fourth-order valence-electron chi connectivity index (χ4n) is 1.60. The van der Waals surface area contributed by atoms with Gasteiger partial charge < -0.3 is 5.32 Å². The summed E-state index contributed by atoms with van der Waals surface area (Å²) in [7, 11) is -3.45. The highest BCUT2D eigenvalue weighted by molar-refractivity contribution is 7.91. The molecule has 0 heterocycles. The molecule has 0 aromatic heterocycles. The highest BCUT2D eigenvalue weighted by atomic mass is 32.2. The van der Waals surface area contributed by atoms with Crippen LogP contribution in [0, 0.1) is 0 Å². The van der Waals surface area contributed by atoms with E-state index in [1.807, 2.05) is 0 Å². The summed E-state index contributed by atoms with van der Waals surface area (Å²) in [5.74, 6) is -0.0229. The molecule has 0 fully saturated rings. The van der Waals surface area contributed by atoms with E-state index in [1.165, 1.54) is 12.1 Å². The summed E-state index contributed by atoms with van der Waals surface area (Å²) >= 11 is 0. The lowest BCUT2D eigenvalue weighted by atomic mass is 10.3. The maximum absolute atomic E-state index is 12.1. The van der Waals surface area contributed by atoms with Gasteiger partial charge in [0.1, 0.15) is 0 Å². The Bertz CT molecular complexity index is 512. The van der Waals surface area contributed by atoms with Crippen molar-refractivity contribution in [1.29, 1.82) is 0 Å². The first-order valence-corrected chi connectivity index (χ1v) is 7.54. The molecule has 1 N–H and O–H groups in total. The molecule has 0 spiro atoms. The largest absolute Gasteiger partial charge is 0.390 e. The van der Waals surface area contributed by atoms with E-state index in [1.54, 1.807) is 19.1 Å². The molecule has 3 nitrogen and oxygen atoms in total. The molecule has 0 saturated heterocycles. The topological polar surface area (TPSA) is 46.2 Å². The maximum Gasteiger partial charge on any atom is 0.390 e. The van der Waals surface area contributed by atoms with Crippen LogP contribution in [-0.2, 0) is 9.84 Å². The summed E-state index contributed by atoms with van der Waals surface area (Å²) in [6, 6.07) is 6.01. The van der Waals surface area contributed by atoms with Gasteiger partial charge in [0.25, 0.3) is 0 Å². The Balaban J connectivity index is 2.85. The average molecular weight is 295 g/mol. The van der Waals surface area contributed by atoms with E-state index in [2.05, 4.69) is 5.32 Å². The molecule has 7 heteroatoms. The molecule has 0 unspecified atom stereocenters. The molecule has 19 heavy (non-hydrogen) atoms. The number of rotatable bonds is 6. The van der Waals surface area contributed by atoms with Crippen molar-refractivity contribution < 1.29 is 21.6 Å². The lowest BCUT2D eigenvalue weighted by Crippen LogP contribution is -2.16. The number of hydrogen-bond donors (Lipinski definition) is 1. The second-order valence-corrected chi connectivity index (χ2v) is 6.18. The van der Waals surface area contributed by atoms with Crippen molar-refractivity contribution >= 4 is 15.5 Å². The molecule has 0 saturated carbocycles. The summed E-state index contributed by atoms with van der Waals surface area (Å²) in [5.41, 5.74) is 0.222. The summed E-state index contributed by atoms with van der Waals surface area (Å²) < 4.78 is 60.1. The molecule has 1 aromatic carbocycles.